The predicted octanol–water partition coefficient (Wildman–Crippen LogP) is 8.04. The third-order valence-corrected chi connectivity index (χ3v) is 9.16. The van der Waals surface area contributed by atoms with Gasteiger partial charge in [0.2, 0.25) is 0 Å². The summed E-state index contributed by atoms with van der Waals surface area (Å²) in [6.07, 6.45) is 2.77. The van der Waals surface area contributed by atoms with Gasteiger partial charge >= 0.3 is 5.97 Å². The molecule has 1 aromatic heterocycles. The second-order valence-corrected chi connectivity index (χ2v) is 15.4. The van der Waals surface area contributed by atoms with Crippen LogP contribution in [0.5, 0.6) is 0 Å². The molecular formula is C34H48N4O3. The summed E-state index contributed by atoms with van der Waals surface area (Å²) in [7, 11) is 0. The normalized spacial score (nSPS) is 27.9. The number of esters is 1. The summed E-state index contributed by atoms with van der Waals surface area (Å²) in [5.74, 6) is 1.16. The lowest BCUT2D eigenvalue weighted by Gasteiger charge is -2.50. The fourth-order valence-corrected chi connectivity index (χ4v) is 6.71. The molecule has 0 radical (unpaired) electrons. The van der Waals surface area contributed by atoms with Crippen LogP contribution in [0.4, 0.5) is 0 Å². The number of carbonyl (C=O) groups excluding carboxylic acids is 1. The van der Waals surface area contributed by atoms with Crippen LogP contribution in [0.3, 0.4) is 0 Å². The third-order valence-electron chi connectivity index (χ3n) is 9.16. The maximum Gasteiger partial charge on any atom is 0.307 e. The quantitative estimate of drug-likeness (QED) is 0.232. The van der Waals surface area contributed by atoms with Gasteiger partial charge in [-0.05, 0) is 40.6 Å². The highest BCUT2D eigenvalue weighted by Gasteiger charge is 2.50. The van der Waals surface area contributed by atoms with Gasteiger partial charge in [-0.15, -0.1) is 5.10 Å². The number of aliphatic hydroxyl groups excluding tert-OH is 1. The lowest BCUT2D eigenvalue weighted by atomic mass is 9.59. The standard InChI is InChI=1S/C34H48N4O3/c1-20-16-24(33(5,6)7)29(25(17-20)34(8,9)10)41-27(40)18-23-28(35-11)26(19-39)38-31(23)36-30(37-38)21-12-14-22(15-13-21)32(2,3)4/h12-15,19-20,23-25,28-29,39H,16-18H2,1-10H3/b26-19-. The van der Waals surface area contributed by atoms with Gasteiger partial charge in [0.05, 0.1) is 6.42 Å². The Bertz CT molecular complexity index is 1300. The molecule has 0 amide bonds. The van der Waals surface area contributed by atoms with Crippen LogP contribution < -0.4 is 0 Å². The lowest BCUT2D eigenvalue weighted by Crippen LogP contribution is -2.49. The zero-order valence-corrected chi connectivity index (χ0v) is 26.5. The first kappa shape index (κ1) is 30.8. The van der Waals surface area contributed by atoms with E-state index in [0.29, 0.717) is 23.3 Å². The van der Waals surface area contributed by atoms with Crippen LogP contribution in [0.2, 0.25) is 0 Å². The summed E-state index contributed by atoms with van der Waals surface area (Å²) in [4.78, 5) is 22.3. The van der Waals surface area contributed by atoms with Crippen molar-refractivity contribution in [3.05, 3.63) is 53.3 Å². The van der Waals surface area contributed by atoms with Gasteiger partial charge < -0.3 is 14.7 Å². The molecule has 0 saturated heterocycles. The molecule has 1 saturated carbocycles. The van der Waals surface area contributed by atoms with E-state index in [4.69, 9.17) is 16.3 Å². The highest BCUT2D eigenvalue weighted by atomic mass is 16.5. The molecule has 1 fully saturated rings. The molecule has 222 valence electrons. The van der Waals surface area contributed by atoms with Crippen molar-refractivity contribution in [2.45, 2.75) is 112 Å². The maximum atomic E-state index is 13.7. The van der Waals surface area contributed by atoms with Crippen molar-refractivity contribution < 1.29 is 14.6 Å². The third kappa shape index (κ3) is 6.22. The Hall–Kier alpha value is -3.14. The molecule has 7 nitrogen and oxygen atoms in total. The van der Waals surface area contributed by atoms with Crippen molar-refractivity contribution in [3.8, 4) is 11.4 Å². The first-order valence-corrected chi connectivity index (χ1v) is 14.9. The van der Waals surface area contributed by atoms with Gasteiger partial charge in [0, 0.05) is 17.4 Å². The minimum Gasteiger partial charge on any atom is -0.513 e. The van der Waals surface area contributed by atoms with Gasteiger partial charge in [-0.1, -0.05) is 93.5 Å². The predicted molar refractivity (Wildman–Crippen MR) is 163 cm³/mol. The van der Waals surface area contributed by atoms with E-state index in [9.17, 15) is 9.90 Å². The van der Waals surface area contributed by atoms with Gasteiger partial charge in [0.25, 0.3) is 6.04 Å². The Kier molecular flexibility index (Phi) is 8.21. The van der Waals surface area contributed by atoms with Gasteiger partial charge in [0.15, 0.2) is 11.5 Å². The average Bonchev–Trinajstić information content (AvgIpc) is 3.40. The van der Waals surface area contributed by atoms with Crippen LogP contribution in [-0.2, 0) is 14.9 Å². The van der Waals surface area contributed by atoms with Gasteiger partial charge in [-0.3, -0.25) is 4.79 Å². The van der Waals surface area contributed by atoms with Gasteiger partial charge in [-0.2, -0.15) is 0 Å². The van der Waals surface area contributed by atoms with E-state index >= 15 is 0 Å². The summed E-state index contributed by atoms with van der Waals surface area (Å²) in [5.41, 5.74) is 2.38. The monoisotopic (exact) mass is 560 g/mol. The molecule has 2 heterocycles. The fraction of sp³-hybridized carbons (Fsp3) is 0.647. The van der Waals surface area contributed by atoms with Crippen LogP contribution in [0.1, 0.15) is 106 Å². The van der Waals surface area contributed by atoms with Crippen LogP contribution in [0, 0.1) is 35.2 Å². The smallest absolute Gasteiger partial charge is 0.307 e. The second kappa shape index (κ2) is 10.9. The number of ether oxygens (including phenoxy) is 1. The van der Waals surface area contributed by atoms with Gasteiger partial charge in [0.1, 0.15) is 24.1 Å². The molecule has 4 rings (SSSR count). The number of benzene rings is 1. The number of hydrogen-bond donors (Lipinski definition) is 1. The molecule has 0 bridgehead atoms. The number of carbonyl (C=O) groups is 1. The molecule has 1 aromatic carbocycles. The Morgan fingerprint density at radius 1 is 1.05 bits per heavy atom. The Morgan fingerprint density at radius 2 is 1.61 bits per heavy atom. The van der Waals surface area contributed by atoms with Crippen LogP contribution in [-0.4, -0.2) is 38.0 Å². The Balaban J connectivity index is 1.63. The van der Waals surface area contributed by atoms with E-state index in [1.165, 1.54) is 10.2 Å². The summed E-state index contributed by atoms with van der Waals surface area (Å²) in [6, 6.07) is 7.37. The summed E-state index contributed by atoms with van der Waals surface area (Å²) < 4.78 is 7.95. The molecule has 7 heteroatoms. The number of aliphatic hydroxyl groups is 1. The second-order valence-electron chi connectivity index (χ2n) is 15.4. The molecule has 1 N–H and O–H groups in total. The summed E-state index contributed by atoms with van der Waals surface area (Å²) >= 11 is 0. The molecule has 1 aliphatic heterocycles. The van der Waals surface area contributed by atoms with Crippen molar-refractivity contribution in [2.75, 3.05) is 0 Å². The number of hydrogen-bond acceptors (Lipinski definition) is 5. The van der Waals surface area contributed by atoms with Crippen molar-refractivity contribution in [3.63, 3.8) is 0 Å². The van der Waals surface area contributed by atoms with Crippen LogP contribution in [0.15, 0.2) is 30.5 Å². The summed E-state index contributed by atoms with van der Waals surface area (Å²) in [6.45, 7) is 30.1. The van der Waals surface area contributed by atoms with Gasteiger partial charge in [-0.25, -0.2) is 16.2 Å². The lowest BCUT2D eigenvalue weighted by molar-refractivity contribution is -0.169. The molecule has 0 spiro atoms. The Labute approximate surface area is 246 Å². The van der Waals surface area contributed by atoms with Crippen molar-refractivity contribution in [2.24, 2.45) is 28.6 Å². The average molecular weight is 561 g/mol. The maximum absolute atomic E-state index is 13.7. The number of nitrogens with zero attached hydrogens (tertiary/aromatic N) is 4. The number of aromatic nitrogens is 3. The first-order valence-electron chi connectivity index (χ1n) is 14.9. The highest BCUT2D eigenvalue weighted by Crippen LogP contribution is 2.50. The summed E-state index contributed by atoms with van der Waals surface area (Å²) in [5, 5.41) is 14.8. The SMILES string of the molecule is [C-]#[N+]C1/C(=C/O)n2nc(-c3ccc(C(C)(C)C)cc3)nc2C1CC(=O)OC1C(C(C)(C)C)CC(C)CC1C(C)(C)C. The first-order chi connectivity index (χ1) is 19.0. The van der Waals surface area contributed by atoms with Crippen molar-refractivity contribution >= 4 is 11.7 Å². The van der Waals surface area contributed by atoms with E-state index in [1.54, 1.807) is 0 Å². The molecular weight excluding hydrogens is 512 g/mol. The number of fused-ring (bicyclic) bond motifs is 1. The fourth-order valence-electron chi connectivity index (χ4n) is 6.71. The van der Waals surface area contributed by atoms with E-state index < -0.39 is 12.0 Å². The van der Waals surface area contributed by atoms with E-state index in [-0.39, 0.29) is 46.6 Å². The highest BCUT2D eigenvalue weighted by molar-refractivity contribution is 5.73. The minimum atomic E-state index is -0.761. The number of rotatable bonds is 4. The zero-order valence-electron chi connectivity index (χ0n) is 26.5. The molecule has 41 heavy (non-hydrogen) atoms. The Morgan fingerprint density at radius 3 is 2.07 bits per heavy atom. The molecule has 4 atom stereocenters. The minimum absolute atomic E-state index is 0.00522. The van der Waals surface area contributed by atoms with Crippen LogP contribution in [0.25, 0.3) is 21.9 Å². The van der Waals surface area contributed by atoms with Crippen LogP contribution >= 0.6 is 0 Å². The van der Waals surface area contributed by atoms with E-state index in [1.807, 2.05) is 12.1 Å². The largest absolute Gasteiger partial charge is 0.513 e. The zero-order chi connectivity index (χ0) is 30.5. The van der Waals surface area contributed by atoms with Crippen molar-refractivity contribution in [1.29, 1.82) is 0 Å². The molecule has 1 aliphatic carbocycles. The molecule has 4 unspecified atom stereocenters. The van der Waals surface area contributed by atoms with E-state index in [2.05, 4.69) is 91.3 Å². The van der Waals surface area contributed by atoms with Crippen molar-refractivity contribution in [1.82, 2.24) is 14.8 Å². The van der Waals surface area contributed by atoms with E-state index in [0.717, 1.165) is 24.7 Å². The topological polar surface area (TPSA) is 81.6 Å². The molecule has 2 aromatic rings. The molecule has 2 aliphatic rings.